The van der Waals surface area contributed by atoms with Gasteiger partial charge in [-0.3, -0.25) is 0 Å². The Morgan fingerprint density at radius 1 is 1.19 bits per heavy atom. The molecule has 0 aromatic heterocycles. The molecule has 1 aromatic carbocycles. The van der Waals surface area contributed by atoms with E-state index in [1.165, 1.54) is 6.08 Å². The summed E-state index contributed by atoms with van der Waals surface area (Å²) in [6, 6.07) is 9.88. The third-order valence-corrected chi connectivity index (χ3v) is 3.23. The molecule has 21 heavy (non-hydrogen) atoms. The number of ether oxygens (including phenoxy) is 2. The zero-order chi connectivity index (χ0) is 15.7. The number of carbonyl (C=O) groups excluding carboxylic acids is 1. The Labute approximate surface area is 127 Å². The summed E-state index contributed by atoms with van der Waals surface area (Å²) in [6.07, 6.45) is 1.38. The largest absolute Gasteiger partial charge is 0.545 e. The summed E-state index contributed by atoms with van der Waals surface area (Å²) in [5, 5.41) is 0. The molecule has 1 aromatic rings. The minimum absolute atomic E-state index is 0.262. The predicted molar refractivity (Wildman–Crippen MR) is 85.2 cm³/mol. The first-order valence-electron chi connectivity index (χ1n) is 7.08. The van der Waals surface area contributed by atoms with Crippen LogP contribution in [0.3, 0.4) is 0 Å². The van der Waals surface area contributed by atoms with Crippen LogP contribution in [0.15, 0.2) is 42.2 Å². The van der Waals surface area contributed by atoms with Gasteiger partial charge in [-0.05, 0) is 32.1 Å². The van der Waals surface area contributed by atoms with E-state index in [0.29, 0.717) is 19.0 Å². The topological polar surface area (TPSA) is 44.8 Å². The minimum Gasteiger partial charge on any atom is -0.545 e. The van der Waals surface area contributed by atoms with Gasteiger partial charge in [-0.25, -0.2) is 4.79 Å². The molecule has 0 N–H and O–H groups in total. The fourth-order valence-electron chi connectivity index (χ4n) is 1.65. The van der Waals surface area contributed by atoms with Crippen LogP contribution < -0.4 is 0 Å². The summed E-state index contributed by atoms with van der Waals surface area (Å²) in [6.45, 7) is 9.04. The lowest BCUT2D eigenvalue weighted by Crippen LogP contribution is -2.26. The van der Waals surface area contributed by atoms with E-state index < -0.39 is 14.3 Å². The van der Waals surface area contributed by atoms with E-state index in [2.05, 4.69) is 19.6 Å². The van der Waals surface area contributed by atoms with Gasteiger partial charge in [0.15, 0.2) is 0 Å². The molecule has 5 heteroatoms. The molecule has 0 spiro atoms. The molecule has 0 saturated carbocycles. The van der Waals surface area contributed by atoms with Gasteiger partial charge in [0.1, 0.15) is 12.4 Å². The standard InChI is InChI=1S/C16H24O4Si/c1-5-19-16(17)11-15(20-21(2,3)4)13-18-12-14-9-7-6-8-10-14/h6-11H,5,12-13H2,1-4H3/b15-11-. The molecule has 0 atom stereocenters. The van der Waals surface area contributed by atoms with Crippen molar-refractivity contribution in [1.29, 1.82) is 0 Å². The van der Waals surface area contributed by atoms with Crippen LogP contribution in [0.1, 0.15) is 12.5 Å². The maximum atomic E-state index is 11.6. The molecule has 4 nitrogen and oxygen atoms in total. The molecule has 0 unspecified atom stereocenters. The van der Waals surface area contributed by atoms with Crippen LogP contribution in [0.25, 0.3) is 0 Å². The summed E-state index contributed by atoms with van der Waals surface area (Å²) in [5.41, 5.74) is 1.08. The van der Waals surface area contributed by atoms with Crippen LogP contribution in [-0.2, 0) is 25.3 Å². The SMILES string of the molecule is CCOC(=O)/C=C(/COCc1ccccc1)O[Si](C)(C)C. The van der Waals surface area contributed by atoms with Crippen LogP contribution in [0, 0.1) is 0 Å². The van der Waals surface area contributed by atoms with Crippen LogP contribution >= 0.6 is 0 Å². The first kappa shape index (κ1) is 17.5. The van der Waals surface area contributed by atoms with Crippen molar-refractivity contribution in [3.63, 3.8) is 0 Å². The van der Waals surface area contributed by atoms with Gasteiger partial charge < -0.3 is 13.9 Å². The highest BCUT2D eigenvalue weighted by atomic mass is 28.4. The van der Waals surface area contributed by atoms with Crippen molar-refractivity contribution in [2.45, 2.75) is 33.2 Å². The van der Waals surface area contributed by atoms with Gasteiger partial charge in [0, 0.05) is 0 Å². The Hall–Kier alpha value is -1.59. The lowest BCUT2D eigenvalue weighted by Gasteiger charge is -2.21. The average molecular weight is 308 g/mol. The summed E-state index contributed by atoms with van der Waals surface area (Å²) >= 11 is 0. The van der Waals surface area contributed by atoms with Gasteiger partial charge in [0.05, 0.1) is 19.3 Å². The van der Waals surface area contributed by atoms with Crippen molar-refractivity contribution < 1.29 is 18.7 Å². The Morgan fingerprint density at radius 2 is 1.86 bits per heavy atom. The number of hydrogen-bond acceptors (Lipinski definition) is 4. The van der Waals surface area contributed by atoms with E-state index in [1.54, 1.807) is 6.92 Å². The quantitative estimate of drug-likeness (QED) is 0.319. The highest BCUT2D eigenvalue weighted by Gasteiger charge is 2.18. The molecular weight excluding hydrogens is 284 g/mol. The summed E-state index contributed by atoms with van der Waals surface area (Å²) in [7, 11) is -1.80. The monoisotopic (exact) mass is 308 g/mol. The van der Waals surface area contributed by atoms with E-state index in [-0.39, 0.29) is 6.61 Å². The maximum absolute atomic E-state index is 11.6. The Balaban J connectivity index is 2.58. The van der Waals surface area contributed by atoms with Gasteiger partial charge in [-0.2, -0.15) is 0 Å². The van der Waals surface area contributed by atoms with E-state index in [0.717, 1.165) is 5.56 Å². The fourth-order valence-corrected chi connectivity index (χ4v) is 2.56. The van der Waals surface area contributed by atoms with Gasteiger partial charge in [-0.1, -0.05) is 30.3 Å². The van der Waals surface area contributed by atoms with Crippen LogP contribution in [0.2, 0.25) is 19.6 Å². The second-order valence-electron chi connectivity index (χ2n) is 5.56. The third kappa shape index (κ3) is 8.32. The second kappa shape index (κ2) is 8.64. The number of rotatable bonds is 8. The zero-order valence-electron chi connectivity index (χ0n) is 13.2. The molecule has 0 aliphatic heterocycles. The van der Waals surface area contributed by atoms with Crippen molar-refractivity contribution in [3.05, 3.63) is 47.7 Å². The van der Waals surface area contributed by atoms with Gasteiger partial charge in [-0.15, -0.1) is 0 Å². The smallest absolute Gasteiger partial charge is 0.334 e. The molecule has 0 aliphatic carbocycles. The van der Waals surface area contributed by atoms with Crippen LogP contribution in [0.4, 0.5) is 0 Å². The van der Waals surface area contributed by atoms with Crippen molar-refractivity contribution in [2.24, 2.45) is 0 Å². The second-order valence-corrected chi connectivity index (χ2v) is 9.98. The van der Waals surface area contributed by atoms with Gasteiger partial charge >= 0.3 is 5.97 Å². The van der Waals surface area contributed by atoms with Gasteiger partial charge in [0.25, 0.3) is 0 Å². The van der Waals surface area contributed by atoms with Crippen LogP contribution in [-0.4, -0.2) is 27.5 Å². The summed E-state index contributed by atoms with van der Waals surface area (Å²) in [5.74, 6) is 0.137. The molecule has 0 saturated heterocycles. The van der Waals surface area contributed by atoms with Crippen molar-refractivity contribution >= 4 is 14.3 Å². The first-order valence-corrected chi connectivity index (χ1v) is 10.5. The van der Waals surface area contributed by atoms with E-state index in [4.69, 9.17) is 13.9 Å². The maximum Gasteiger partial charge on any atom is 0.334 e. The Kier molecular flexibility index (Phi) is 7.18. The number of carbonyl (C=O) groups is 1. The predicted octanol–water partition coefficient (Wildman–Crippen LogP) is 3.50. The van der Waals surface area contributed by atoms with Crippen molar-refractivity contribution in [1.82, 2.24) is 0 Å². The highest BCUT2D eigenvalue weighted by molar-refractivity contribution is 6.70. The highest BCUT2D eigenvalue weighted by Crippen LogP contribution is 2.12. The van der Waals surface area contributed by atoms with E-state index in [1.807, 2.05) is 30.3 Å². The van der Waals surface area contributed by atoms with E-state index in [9.17, 15) is 4.79 Å². The van der Waals surface area contributed by atoms with Crippen molar-refractivity contribution in [2.75, 3.05) is 13.2 Å². The summed E-state index contributed by atoms with van der Waals surface area (Å²) < 4.78 is 16.4. The normalized spacial score (nSPS) is 12.1. The molecule has 0 heterocycles. The molecule has 1 rings (SSSR count). The number of hydrogen-bond donors (Lipinski definition) is 0. The molecule has 0 aliphatic rings. The molecule has 116 valence electrons. The lowest BCUT2D eigenvalue weighted by molar-refractivity contribution is -0.137. The number of benzene rings is 1. The van der Waals surface area contributed by atoms with Crippen LogP contribution in [0.5, 0.6) is 0 Å². The zero-order valence-corrected chi connectivity index (χ0v) is 14.2. The minimum atomic E-state index is -1.80. The fraction of sp³-hybridized carbons (Fsp3) is 0.438. The first-order chi connectivity index (χ1) is 9.90. The summed E-state index contributed by atoms with van der Waals surface area (Å²) in [4.78, 5) is 11.6. The van der Waals surface area contributed by atoms with Gasteiger partial charge in [0.2, 0.25) is 8.32 Å². The number of esters is 1. The van der Waals surface area contributed by atoms with E-state index >= 15 is 0 Å². The lowest BCUT2D eigenvalue weighted by atomic mass is 10.2. The third-order valence-electron chi connectivity index (χ3n) is 2.36. The Bertz CT molecular complexity index is 463. The molecule has 0 amide bonds. The molecule has 0 radical (unpaired) electrons. The van der Waals surface area contributed by atoms with Crippen molar-refractivity contribution in [3.8, 4) is 0 Å². The average Bonchev–Trinajstić information content (AvgIpc) is 2.38. The molecule has 0 fully saturated rings. The Morgan fingerprint density at radius 3 is 2.43 bits per heavy atom. The molecule has 0 bridgehead atoms. The molecular formula is C16H24O4Si.